The second kappa shape index (κ2) is 19.9. The van der Waals surface area contributed by atoms with Crippen molar-refractivity contribution in [1.29, 1.82) is 0 Å². The zero-order valence-electron chi connectivity index (χ0n) is 23.8. The average Bonchev–Trinajstić information content (AvgIpc) is 2.76. The van der Waals surface area contributed by atoms with Gasteiger partial charge in [-0.05, 0) is 93.3 Å². The molecule has 6 unspecified atom stereocenters. The van der Waals surface area contributed by atoms with Crippen molar-refractivity contribution >= 4 is 0 Å². The molecule has 190 valence electrons. The Labute approximate surface area is 205 Å². The maximum absolute atomic E-state index is 2.61. The first-order chi connectivity index (χ1) is 15.3. The highest BCUT2D eigenvalue weighted by Crippen LogP contribution is 2.35. The Balaban J connectivity index is 4.83. The van der Waals surface area contributed by atoms with Crippen LogP contribution in [0.4, 0.5) is 0 Å². The van der Waals surface area contributed by atoms with Crippen LogP contribution >= 0.6 is 0 Å². The fourth-order valence-electron chi connectivity index (χ4n) is 5.87. The van der Waals surface area contributed by atoms with E-state index in [9.17, 15) is 0 Å². The highest BCUT2D eigenvalue weighted by Gasteiger charge is 2.24. The van der Waals surface area contributed by atoms with Crippen LogP contribution in [0.25, 0.3) is 0 Å². The summed E-state index contributed by atoms with van der Waals surface area (Å²) >= 11 is 0. The van der Waals surface area contributed by atoms with E-state index in [-0.39, 0.29) is 0 Å². The molecular formula is C32H62. The maximum Gasteiger partial charge on any atom is -0.0205 e. The topological polar surface area (TPSA) is 0 Å². The molecule has 0 aliphatic rings. The van der Waals surface area contributed by atoms with Gasteiger partial charge in [-0.1, -0.05) is 112 Å². The van der Waals surface area contributed by atoms with Gasteiger partial charge in [0.1, 0.15) is 0 Å². The molecule has 0 bridgehead atoms. The van der Waals surface area contributed by atoms with E-state index in [2.05, 4.69) is 86.6 Å². The highest BCUT2D eigenvalue weighted by atomic mass is 14.3. The summed E-state index contributed by atoms with van der Waals surface area (Å²) in [7, 11) is 0. The zero-order valence-corrected chi connectivity index (χ0v) is 23.8. The molecule has 0 N–H and O–H groups in total. The molecule has 0 rings (SSSR count). The van der Waals surface area contributed by atoms with Gasteiger partial charge in [0.2, 0.25) is 0 Å². The summed E-state index contributed by atoms with van der Waals surface area (Å²) in [4.78, 5) is 0. The van der Waals surface area contributed by atoms with Gasteiger partial charge in [-0.25, -0.2) is 0 Å². The second-order valence-electron chi connectivity index (χ2n) is 11.4. The van der Waals surface area contributed by atoms with E-state index >= 15 is 0 Å². The molecule has 0 spiro atoms. The molecule has 0 fully saturated rings. The van der Waals surface area contributed by atoms with Gasteiger partial charge >= 0.3 is 0 Å². The lowest BCUT2D eigenvalue weighted by Crippen LogP contribution is -2.22. The Bertz CT molecular complexity index is 457. The van der Waals surface area contributed by atoms with E-state index in [1.54, 1.807) is 0 Å². The van der Waals surface area contributed by atoms with Crippen molar-refractivity contribution in [2.75, 3.05) is 0 Å². The third-order valence-electron chi connectivity index (χ3n) is 8.24. The van der Waals surface area contributed by atoms with Crippen LogP contribution in [0.15, 0.2) is 24.3 Å². The Hall–Kier alpha value is -0.520. The van der Waals surface area contributed by atoms with Crippen molar-refractivity contribution in [2.45, 2.75) is 139 Å². The lowest BCUT2D eigenvalue weighted by atomic mass is 9.74. The molecule has 0 nitrogen and oxygen atoms in total. The third kappa shape index (κ3) is 13.9. The normalized spacial score (nSPS) is 18.3. The van der Waals surface area contributed by atoms with Crippen LogP contribution in [0.1, 0.15) is 139 Å². The molecule has 0 aromatic rings. The van der Waals surface area contributed by atoms with E-state index in [0.29, 0.717) is 0 Å². The molecule has 32 heavy (non-hydrogen) atoms. The van der Waals surface area contributed by atoms with Gasteiger partial charge in [-0.3, -0.25) is 0 Å². The van der Waals surface area contributed by atoms with Gasteiger partial charge in [0, 0.05) is 0 Å². The molecule has 0 heteroatoms. The van der Waals surface area contributed by atoms with Gasteiger partial charge in [0.25, 0.3) is 0 Å². The largest absolute Gasteiger partial charge is 0.0917 e. The summed E-state index contributed by atoms with van der Waals surface area (Å²) in [6.45, 7) is 21.6. The van der Waals surface area contributed by atoms with Gasteiger partial charge in [-0.15, -0.1) is 0 Å². The lowest BCUT2D eigenvalue weighted by molar-refractivity contribution is 0.189. The summed E-state index contributed by atoms with van der Waals surface area (Å²) in [5, 5.41) is 0. The molecule has 6 atom stereocenters. The molecule has 0 aliphatic heterocycles. The summed E-state index contributed by atoms with van der Waals surface area (Å²) in [6, 6.07) is 0. The minimum Gasteiger partial charge on any atom is -0.0917 e. The van der Waals surface area contributed by atoms with Crippen LogP contribution < -0.4 is 0 Å². The van der Waals surface area contributed by atoms with E-state index < -0.39 is 0 Å². The minimum atomic E-state index is 0.752. The predicted molar refractivity (Wildman–Crippen MR) is 149 cm³/mol. The Morgan fingerprint density at radius 1 is 0.656 bits per heavy atom. The van der Waals surface area contributed by atoms with Crippen molar-refractivity contribution in [3.8, 4) is 0 Å². The standard InChI is InChI=1S/C32H62/c1-10-14-15-17-23-32(28(8)27(7)20-11-2)24-19-16-18-22-31(21-12-3)29(9)30(13-4)25-26(5)6/h10,14,19,24,26-32H,11-13,15-18,20-23,25H2,1-9H3. The monoisotopic (exact) mass is 446 g/mol. The van der Waals surface area contributed by atoms with Gasteiger partial charge in [0.15, 0.2) is 0 Å². The second-order valence-corrected chi connectivity index (χ2v) is 11.4. The number of rotatable bonds is 20. The van der Waals surface area contributed by atoms with Crippen molar-refractivity contribution < 1.29 is 0 Å². The zero-order chi connectivity index (χ0) is 24.4. The quantitative estimate of drug-likeness (QED) is 0.129. The molecule has 0 heterocycles. The van der Waals surface area contributed by atoms with Gasteiger partial charge in [0.05, 0.1) is 0 Å². The van der Waals surface area contributed by atoms with Crippen LogP contribution in [-0.4, -0.2) is 0 Å². The maximum atomic E-state index is 2.61. The lowest BCUT2D eigenvalue weighted by Gasteiger charge is -2.32. The summed E-state index contributed by atoms with van der Waals surface area (Å²) in [5.41, 5.74) is 0. The smallest absolute Gasteiger partial charge is 0.0205 e. The molecule has 0 saturated carbocycles. The first-order valence-corrected chi connectivity index (χ1v) is 14.6. The van der Waals surface area contributed by atoms with E-state index in [1.807, 2.05) is 0 Å². The summed E-state index contributed by atoms with van der Waals surface area (Å²) in [6.07, 6.45) is 25.8. The molecule has 0 saturated heterocycles. The number of hydrogen-bond donors (Lipinski definition) is 0. The molecule has 0 aliphatic carbocycles. The molecule has 0 aromatic carbocycles. The predicted octanol–water partition coefficient (Wildman–Crippen LogP) is 11.3. The van der Waals surface area contributed by atoms with Crippen LogP contribution in [0.5, 0.6) is 0 Å². The first kappa shape index (κ1) is 31.5. The molecular weight excluding hydrogens is 384 g/mol. The number of allylic oxidation sites excluding steroid dienone is 4. The minimum absolute atomic E-state index is 0.752. The fraction of sp³-hybridized carbons (Fsp3) is 0.875. The Morgan fingerprint density at radius 2 is 1.28 bits per heavy atom. The molecule has 0 radical (unpaired) electrons. The van der Waals surface area contributed by atoms with Gasteiger partial charge < -0.3 is 0 Å². The Kier molecular flexibility index (Phi) is 19.6. The third-order valence-corrected chi connectivity index (χ3v) is 8.24. The average molecular weight is 447 g/mol. The highest BCUT2D eigenvalue weighted by molar-refractivity contribution is 4.93. The van der Waals surface area contributed by atoms with Crippen LogP contribution in [0.3, 0.4) is 0 Å². The van der Waals surface area contributed by atoms with Crippen molar-refractivity contribution in [1.82, 2.24) is 0 Å². The van der Waals surface area contributed by atoms with E-state index in [4.69, 9.17) is 0 Å². The van der Waals surface area contributed by atoms with Crippen LogP contribution in [0.2, 0.25) is 0 Å². The van der Waals surface area contributed by atoms with Gasteiger partial charge in [-0.2, -0.15) is 0 Å². The molecule has 0 amide bonds. The first-order valence-electron chi connectivity index (χ1n) is 14.6. The fourth-order valence-corrected chi connectivity index (χ4v) is 5.87. The van der Waals surface area contributed by atoms with E-state index in [1.165, 1.54) is 77.0 Å². The summed E-state index contributed by atoms with van der Waals surface area (Å²) < 4.78 is 0. The van der Waals surface area contributed by atoms with Crippen LogP contribution in [0, 0.1) is 41.4 Å². The summed E-state index contributed by atoms with van der Waals surface area (Å²) in [5.74, 6) is 5.91. The SMILES string of the molecule is CC=CCCCC(C=CCCCC(CCC)C(C)C(CC)CC(C)C)C(C)C(C)CCC. The number of hydrogen-bond acceptors (Lipinski definition) is 0. The van der Waals surface area contributed by atoms with Crippen molar-refractivity contribution in [3.63, 3.8) is 0 Å². The van der Waals surface area contributed by atoms with Crippen molar-refractivity contribution in [3.05, 3.63) is 24.3 Å². The van der Waals surface area contributed by atoms with E-state index in [0.717, 1.165) is 41.4 Å². The molecule has 0 aromatic heterocycles. The number of unbranched alkanes of at least 4 members (excludes halogenated alkanes) is 2. The Morgan fingerprint density at radius 3 is 1.84 bits per heavy atom. The van der Waals surface area contributed by atoms with Crippen LogP contribution in [-0.2, 0) is 0 Å². The van der Waals surface area contributed by atoms with Crippen molar-refractivity contribution in [2.24, 2.45) is 41.4 Å².